The van der Waals surface area contributed by atoms with Crippen molar-refractivity contribution in [1.29, 1.82) is 0 Å². The molecule has 6 nitrogen and oxygen atoms in total. The van der Waals surface area contributed by atoms with Gasteiger partial charge in [0.25, 0.3) is 5.91 Å². The Labute approximate surface area is 183 Å². The van der Waals surface area contributed by atoms with Crippen LogP contribution in [0.25, 0.3) is 0 Å². The number of halogens is 1. The Morgan fingerprint density at radius 1 is 1.30 bits per heavy atom. The molecular weight excluding hydrogens is 402 g/mol. The van der Waals surface area contributed by atoms with Gasteiger partial charge in [-0.3, -0.25) is 9.48 Å². The number of ether oxygens (including phenoxy) is 1. The molecule has 0 aliphatic carbocycles. The number of rotatable bonds is 6. The lowest BCUT2D eigenvalue weighted by Gasteiger charge is -2.39. The molecule has 1 aliphatic heterocycles. The van der Waals surface area contributed by atoms with E-state index >= 15 is 0 Å². The summed E-state index contributed by atoms with van der Waals surface area (Å²) in [5, 5.41) is 16.4. The number of carbonyl (C=O) groups is 1. The van der Waals surface area contributed by atoms with Gasteiger partial charge < -0.3 is 14.7 Å². The molecule has 7 heteroatoms. The Morgan fingerprint density at radius 3 is 2.57 bits per heavy atom. The highest BCUT2D eigenvalue weighted by Crippen LogP contribution is 2.28. The highest BCUT2D eigenvalue weighted by Gasteiger charge is 2.37. The average molecular weight is 434 g/mol. The summed E-state index contributed by atoms with van der Waals surface area (Å²) < 4.78 is 7.67. The zero-order chi connectivity index (χ0) is 22.1. The summed E-state index contributed by atoms with van der Waals surface area (Å²) in [5.74, 6) is 0.840. The first-order valence-electron chi connectivity index (χ1n) is 10.6. The number of carbonyl (C=O) groups excluding carboxylic acids is 1. The van der Waals surface area contributed by atoms with Crippen LogP contribution in [0.15, 0.2) is 18.2 Å². The molecule has 1 fully saturated rings. The molecule has 3 rings (SSSR count). The fraction of sp³-hybridized carbons (Fsp3) is 0.565. The standard InChI is InChI=1S/C23H32ClN3O3/c1-6-27-20(12-19(25-27)15(2)3)22(28)26-9-7-8-23(29,13-26)14-30-18-10-16(4)21(24)17(5)11-18/h10-12,15,29H,6-9,13-14H2,1-5H3. The summed E-state index contributed by atoms with van der Waals surface area (Å²) in [6.07, 6.45) is 1.31. The first-order chi connectivity index (χ1) is 14.1. The molecule has 1 aliphatic rings. The molecule has 0 saturated carbocycles. The number of nitrogens with zero attached hydrogens (tertiary/aromatic N) is 3. The highest BCUT2D eigenvalue weighted by molar-refractivity contribution is 6.32. The molecule has 1 amide bonds. The Hall–Kier alpha value is -2.05. The van der Waals surface area contributed by atoms with Crippen molar-refractivity contribution in [3.05, 3.63) is 45.7 Å². The third-order valence-electron chi connectivity index (χ3n) is 5.67. The van der Waals surface area contributed by atoms with Gasteiger partial charge in [-0.2, -0.15) is 5.10 Å². The molecule has 30 heavy (non-hydrogen) atoms. The van der Waals surface area contributed by atoms with Crippen LogP contribution in [0.3, 0.4) is 0 Å². The number of β-amino-alcohol motifs (C(OH)–C–C–N with tert-alkyl or cyclic N) is 1. The third kappa shape index (κ3) is 4.81. The Kier molecular flexibility index (Phi) is 6.78. The van der Waals surface area contributed by atoms with Gasteiger partial charge in [-0.15, -0.1) is 0 Å². The fourth-order valence-corrected chi connectivity index (χ4v) is 4.01. The first-order valence-corrected chi connectivity index (χ1v) is 11.0. The van der Waals surface area contributed by atoms with E-state index in [9.17, 15) is 9.90 Å². The van der Waals surface area contributed by atoms with Crippen LogP contribution in [0.2, 0.25) is 5.02 Å². The molecule has 1 saturated heterocycles. The Balaban J connectivity index is 1.72. The van der Waals surface area contributed by atoms with Crippen LogP contribution in [0.1, 0.15) is 66.8 Å². The predicted molar refractivity (Wildman–Crippen MR) is 118 cm³/mol. The number of piperidine rings is 1. The largest absolute Gasteiger partial charge is 0.491 e. The van der Waals surface area contributed by atoms with Crippen molar-refractivity contribution < 1.29 is 14.6 Å². The molecule has 2 heterocycles. The van der Waals surface area contributed by atoms with Crippen molar-refractivity contribution in [2.45, 2.75) is 65.5 Å². The highest BCUT2D eigenvalue weighted by atomic mass is 35.5. The minimum atomic E-state index is -1.09. The van der Waals surface area contributed by atoms with Crippen molar-refractivity contribution in [3.8, 4) is 5.75 Å². The van der Waals surface area contributed by atoms with Crippen LogP contribution in [-0.4, -0.2) is 51.0 Å². The summed E-state index contributed by atoms with van der Waals surface area (Å²) in [5.41, 5.74) is 2.27. The lowest BCUT2D eigenvalue weighted by molar-refractivity contribution is -0.0534. The number of aryl methyl sites for hydroxylation is 3. The van der Waals surface area contributed by atoms with E-state index in [2.05, 4.69) is 18.9 Å². The van der Waals surface area contributed by atoms with Crippen molar-refractivity contribution in [3.63, 3.8) is 0 Å². The van der Waals surface area contributed by atoms with Crippen LogP contribution in [0.4, 0.5) is 0 Å². The molecule has 1 N–H and O–H groups in total. The third-order valence-corrected chi connectivity index (χ3v) is 6.27. The fourth-order valence-electron chi connectivity index (χ4n) is 3.90. The van der Waals surface area contributed by atoms with Gasteiger partial charge in [0.05, 0.1) is 12.2 Å². The number of likely N-dealkylation sites (tertiary alicyclic amines) is 1. The number of aliphatic hydroxyl groups is 1. The van der Waals surface area contributed by atoms with Crippen LogP contribution < -0.4 is 4.74 Å². The minimum Gasteiger partial charge on any atom is -0.491 e. The Morgan fingerprint density at radius 2 is 1.97 bits per heavy atom. The first kappa shape index (κ1) is 22.6. The number of aromatic nitrogens is 2. The quantitative estimate of drug-likeness (QED) is 0.735. The van der Waals surface area contributed by atoms with E-state index in [4.69, 9.17) is 16.3 Å². The average Bonchev–Trinajstić information content (AvgIpc) is 3.14. The summed E-state index contributed by atoms with van der Waals surface area (Å²) >= 11 is 6.23. The summed E-state index contributed by atoms with van der Waals surface area (Å²) in [6.45, 7) is 11.6. The predicted octanol–water partition coefficient (Wildman–Crippen LogP) is 4.34. The van der Waals surface area contributed by atoms with E-state index in [-0.39, 0.29) is 25.0 Å². The van der Waals surface area contributed by atoms with E-state index in [1.807, 2.05) is 39.0 Å². The molecule has 1 atom stereocenters. The second kappa shape index (κ2) is 8.98. The molecule has 164 valence electrons. The number of benzene rings is 1. The maximum atomic E-state index is 13.2. The molecule has 2 aromatic rings. The van der Waals surface area contributed by atoms with Gasteiger partial charge in [-0.1, -0.05) is 25.4 Å². The van der Waals surface area contributed by atoms with Crippen molar-refractivity contribution in [2.75, 3.05) is 19.7 Å². The summed E-state index contributed by atoms with van der Waals surface area (Å²) in [7, 11) is 0. The maximum absolute atomic E-state index is 13.2. The van der Waals surface area contributed by atoms with E-state index in [1.165, 1.54) is 0 Å². The monoisotopic (exact) mass is 433 g/mol. The molecule has 1 aromatic heterocycles. The summed E-state index contributed by atoms with van der Waals surface area (Å²) in [6, 6.07) is 5.62. The second-order valence-electron chi connectivity index (χ2n) is 8.64. The molecule has 0 spiro atoms. The lowest BCUT2D eigenvalue weighted by Crippen LogP contribution is -2.53. The number of hydrogen-bond acceptors (Lipinski definition) is 4. The Bertz CT molecular complexity index is 901. The van der Waals surface area contributed by atoms with Crippen molar-refractivity contribution >= 4 is 17.5 Å². The van der Waals surface area contributed by atoms with Crippen LogP contribution in [0.5, 0.6) is 5.75 Å². The van der Waals surface area contributed by atoms with Crippen LogP contribution in [0, 0.1) is 13.8 Å². The zero-order valence-electron chi connectivity index (χ0n) is 18.5. The lowest BCUT2D eigenvalue weighted by atomic mass is 9.93. The SMILES string of the molecule is CCn1nc(C(C)C)cc1C(=O)N1CCCC(O)(COc2cc(C)c(Cl)c(C)c2)C1. The summed E-state index contributed by atoms with van der Waals surface area (Å²) in [4.78, 5) is 14.9. The van der Waals surface area contributed by atoms with E-state index in [0.717, 1.165) is 28.3 Å². The van der Waals surface area contributed by atoms with E-state index < -0.39 is 5.60 Å². The van der Waals surface area contributed by atoms with E-state index in [0.29, 0.717) is 31.0 Å². The van der Waals surface area contributed by atoms with Gasteiger partial charge >= 0.3 is 0 Å². The van der Waals surface area contributed by atoms with Gasteiger partial charge in [-0.05, 0) is 68.9 Å². The number of hydrogen-bond donors (Lipinski definition) is 1. The molecule has 0 bridgehead atoms. The van der Waals surface area contributed by atoms with Crippen LogP contribution >= 0.6 is 11.6 Å². The normalized spacial score (nSPS) is 19.4. The molecule has 1 aromatic carbocycles. The smallest absolute Gasteiger partial charge is 0.272 e. The van der Waals surface area contributed by atoms with Gasteiger partial charge in [0.2, 0.25) is 0 Å². The van der Waals surface area contributed by atoms with Crippen molar-refractivity contribution in [1.82, 2.24) is 14.7 Å². The molecule has 1 unspecified atom stereocenters. The maximum Gasteiger partial charge on any atom is 0.272 e. The second-order valence-corrected chi connectivity index (χ2v) is 9.02. The number of amides is 1. The molecular formula is C23H32ClN3O3. The van der Waals surface area contributed by atoms with Crippen LogP contribution in [-0.2, 0) is 6.54 Å². The topological polar surface area (TPSA) is 67.6 Å². The van der Waals surface area contributed by atoms with Gasteiger partial charge in [-0.25, -0.2) is 0 Å². The van der Waals surface area contributed by atoms with Gasteiger partial charge in [0.1, 0.15) is 23.7 Å². The molecule has 0 radical (unpaired) electrons. The zero-order valence-corrected chi connectivity index (χ0v) is 19.3. The van der Waals surface area contributed by atoms with Crippen molar-refractivity contribution in [2.24, 2.45) is 0 Å². The van der Waals surface area contributed by atoms with E-state index in [1.54, 1.807) is 9.58 Å². The minimum absolute atomic E-state index is 0.0902. The van der Waals surface area contributed by atoms with Gasteiger partial charge in [0.15, 0.2) is 0 Å². The van der Waals surface area contributed by atoms with Gasteiger partial charge in [0, 0.05) is 18.1 Å².